The minimum Gasteiger partial charge on any atom is -0.510 e. The molecular weight excluding hydrogens is 293 g/mol. The number of aliphatic hydroxyl groups is 1. The monoisotopic (exact) mass is 317 g/mol. The first-order valence-corrected chi connectivity index (χ1v) is 7.51. The maximum atomic E-state index is 13.0. The smallest absolute Gasteiger partial charge is 0.143 e. The molecular formula is C18H24FN3O. The average Bonchev–Trinajstić information content (AvgIpc) is 2.52. The van der Waals surface area contributed by atoms with E-state index in [4.69, 9.17) is 0 Å². The van der Waals surface area contributed by atoms with E-state index in [1.807, 2.05) is 13.8 Å². The number of hydrogen-bond acceptors (Lipinski definition) is 3. The van der Waals surface area contributed by atoms with E-state index in [1.165, 1.54) is 12.1 Å². The SMILES string of the molecule is C=C(/N=C(C)/C(=N\C)NC(C)/C(O)=C\CC)c1ccc(F)cc1. The molecule has 0 aliphatic heterocycles. The van der Waals surface area contributed by atoms with Crippen LogP contribution in [-0.4, -0.2) is 29.7 Å². The van der Waals surface area contributed by atoms with E-state index in [9.17, 15) is 9.50 Å². The van der Waals surface area contributed by atoms with Crippen molar-refractivity contribution in [3.8, 4) is 0 Å². The molecule has 1 aromatic rings. The lowest BCUT2D eigenvalue weighted by Crippen LogP contribution is -2.38. The van der Waals surface area contributed by atoms with Crippen molar-refractivity contribution in [2.45, 2.75) is 33.2 Å². The average molecular weight is 317 g/mol. The maximum Gasteiger partial charge on any atom is 0.143 e. The van der Waals surface area contributed by atoms with Gasteiger partial charge < -0.3 is 10.4 Å². The number of aliphatic hydroxyl groups excluding tert-OH is 1. The zero-order valence-electron chi connectivity index (χ0n) is 14.1. The Morgan fingerprint density at radius 1 is 1.39 bits per heavy atom. The highest BCUT2D eigenvalue weighted by Gasteiger charge is 2.11. The van der Waals surface area contributed by atoms with Crippen molar-refractivity contribution < 1.29 is 9.50 Å². The minimum absolute atomic E-state index is 0.263. The van der Waals surface area contributed by atoms with Crippen LogP contribution in [-0.2, 0) is 0 Å². The van der Waals surface area contributed by atoms with Crippen LogP contribution in [0.1, 0.15) is 32.8 Å². The number of aliphatic imine (C=N–C) groups is 2. The highest BCUT2D eigenvalue weighted by atomic mass is 19.1. The summed E-state index contributed by atoms with van der Waals surface area (Å²) in [5.41, 5.74) is 1.90. The molecule has 0 spiro atoms. The van der Waals surface area contributed by atoms with Crippen LogP contribution in [0.15, 0.2) is 52.7 Å². The summed E-state index contributed by atoms with van der Waals surface area (Å²) in [5.74, 6) is 0.530. The number of amidine groups is 1. The molecule has 2 N–H and O–H groups in total. The summed E-state index contributed by atoms with van der Waals surface area (Å²) in [7, 11) is 1.65. The molecule has 4 nitrogen and oxygen atoms in total. The van der Waals surface area contributed by atoms with Gasteiger partial charge in [0.25, 0.3) is 0 Å². The lowest BCUT2D eigenvalue weighted by molar-refractivity contribution is 0.362. The Bertz CT molecular complexity index is 630. The zero-order valence-corrected chi connectivity index (χ0v) is 14.1. The predicted octanol–water partition coefficient (Wildman–Crippen LogP) is 4.12. The summed E-state index contributed by atoms with van der Waals surface area (Å²) in [5, 5.41) is 13.0. The normalized spacial score (nSPS) is 14.6. The first-order chi connectivity index (χ1) is 10.9. The van der Waals surface area contributed by atoms with E-state index in [1.54, 1.807) is 32.2 Å². The number of benzene rings is 1. The molecule has 5 heteroatoms. The number of halogens is 1. The van der Waals surface area contributed by atoms with E-state index in [0.29, 0.717) is 17.2 Å². The van der Waals surface area contributed by atoms with Gasteiger partial charge in [-0.2, -0.15) is 0 Å². The largest absolute Gasteiger partial charge is 0.510 e. The topological polar surface area (TPSA) is 57.0 Å². The minimum atomic E-state index is -0.299. The van der Waals surface area contributed by atoms with Crippen LogP contribution < -0.4 is 5.32 Å². The molecule has 23 heavy (non-hydrogen) atoms. The van der Waals surface area contributed by atoms with E-state index in [0.717, 1.165) is 12.0 Å². The molecule has 1 unspecified atom stereocenters. The van der Waals surface area contributed by atoms with Crippen molar-refractivity contribution in [3.05, 3.63) is 54.1 Å². The fourth-order valence-corrected chi connectivity index (χ4v) is 1.96. The van der Waals surface area contributed by atoms with Gasteiger partial charge >= 0.3 is 0 Å². The van der Waals surface area contributed by atoms with Gasteiger partial charge in [0.2, 0.25) is 0 Å². The molecule has 0 saturated carbocycles. The molecule has 0 heterocycles. The van der Waals surface area contributed by atoms with Crippen molar-refractivity contribution in [1.29, 1.82) is 0 Å². The Morgan fingerprint density at radius 2 is 2.00 bits per heavy atom. The van der Waals surface area contributed by atoms with E-state index in [-0.39, 0.29) is 17.6 Å². The molecule has 0 bridgehead atoms. The molecule has 124 valence electrons. The zero-order chi connectivity index (χ0) is 17.4. The van der Waals surface area contributed by atoms with Crippen molar-refractivity contribution >= 4 is 17.2 Å². The molecule has 0 saturated heterocycles. The van der Waals surface area contributed by atoms with Crippen molar-refractivity contribution in [2.24, 2.45) is 9.98 Å². The number of hydrogen-bond donors (Lipinski definition) is 2. The van der Waals surface area contributed by atoms with Gasteiger partial charge in [-0.15, -0.1) is 0 Å². The lowest BCUT2D eigenvalue weighted by atomic mass is 10.1. The predicted molar refractivity (Wildman–Crippen MR) is 95.5 cm³/mol. The van der Waals surface area contributed by atoms with Gasteiger partial charge in [0, 0.05) is 7.05 Å². The third-order valence-electron chi connectivity index (χ3n) is 3.26. The van der Waals surface area contributed by atoms with Gasteiger partial charge in [0.1, 0.15) is 17.4 Å². The van der Waals surface area contributed by atoms with Crippen LogP contribution in [0.3, 0.4) is 0 Å². The van der Waals surface area contributed by atoms with Gasteiger partial charge in [-0.05, 0) is 56.2 Å². The Kier molecular flexibility index (Phi) is 7.19. The van der Waals surface area contributed by atoms with Crippen LogP contribution in [0, 0.1) is 5.82 Å². The Hall–Kier alpha value is -2.43. The Morgan fingerprint density at radius 3 is 2.52 bits per heavy atom. The third-order valence-corrected chi connectivity index (χ3v) is 3.26. The number of nitrogens with zero attached hydrogens (tertiary/aromatic N) is 2. The van der Waals surface area contributed by atoms with Gasteiger partial charge in [0.05, 0.1) is 17.5 Å². The maximum absolute atomic E-state index is 13.0. The first kappa shape index (κ1) is 18.6. The fraction of sp³-hybridized carbons (Fsp3) is 0.333. The highest BCUT2D eigenvalue weighted by molar-refractivity contribution is 6.41. The quantitative estimate of drug-likeness (QED) is 0.471. The summed E-state index contributed by atoms with van der Waals surface area (Å²) in [6.45, 7) is 9.50. The van der Waals surface area contributed by atoms with E-state index in [2.05, 4.69) is 21.9 Å². The Labute approximate surface area is 137 Å². The standard InChI is InChI=1S/C18H24FN3O/c1-6-7-17(23)13(3)22-18(20-5)14(4)21-12(2)15-8-10-16(19)11-9-15/h7-11,13,23H,2,6H2,1,3-5H3,(H,20,22)/b17-7+,21-14+. The van der Waals surface area contributed by atoms with Crippen LogP contribution in [0.4, 0.5) is 4.39 Å². The van der Waals surface area contributed by atoms with Gasteiger partial charge in [-0.1, -0.05) is 13.5 Å². The Balaban J connectivity index is 2.87. The summed E-state index contributed by atoms with van der Waals surface area (Å²) >= 11 is 0. The van der Waals surface area contributed by atoms with Crippen LogP contribution in [0.5, 0.6) is 0 Å². The lowest BCUT2D eigenvalue weighted by Gasteiger charge is -2.16. The molecule has 0 radical (unpaired) electrons. The first-order valence-electron chi connectivity index (χ1n) is 7.51. The number of rotatable bonds is 6. The molecule has 0 fully saturated rings. The van der Waals surface area contributed by atoms with E-state index >= 15 is 0 Å². The highest BCUT2D eigenvalue weighted by Crippen LogP contribution is 2.14. The molecule has 0 amide bonds. The summed E-state index contributed by atoms with van der Waals surface area (Å²) in [4.78, 5) is 8.58. The summed E-state index contributed by atoms with van der Waals surface area (Å²) in [6, 6.07) is 5.73. The van der Waals surface area contributed by atoms with Crippen molar-refractivity contribution in [1.82, 2.24) is 5.32 Å². The van der Waals surface area contributed by atoms with Gasteiger partial charge in [-0.3, -0.25) is 4.99 Å². The van der Waals surface area contributed by atoms with E-state index < -0.39 is 0 Å². The molecule has 0 aliphatic carbocycles. The van der Waals surface area contributed by atoms with Crippen LogP contribution in [0.25, 0.3) is 5.70 Å². The second-order valence-electron chi connectivity index (χ2n) is 5.13. The molecule has 0 aliphatic rings. The van der Waals surface area contributed by atoms with Gasteiger partial charge in [-0.25, -0.2) is 9.38 Å². The fourth-order valence-electron chi connectivity index (χ4n) is 1.96. The van der Waals surface area contributed by atoms with Crippen LogP contribution >= 0.6 is 0 Å². The summed E-state index contributed by atoms with van der Waals surface area (Å²) < 4.78 is 13.0. The van der Waals surface area contributed by atoms with Gasteiger partial charge in [0.15, 0.2) is 0 Å². The van der Waals surface area contributed by atoms with Crippen molar-refractivity contribution in [3.63, 3.8) is 0 Å². The number of allylic oxidation sites excluding steroid dienone is 1. The molecule has 1 aromatic carbocycles. The van der Waals surface area contributed by atoms with Crippen LogP contribution in [0.2, 0.25) is 0 Å². The number of nitrogens with one attached hydrogen (secondary N) is 1. The third kappa shape index (κ3) is 5.70. The second-order valence-corrected chi connectivity index (χ2v) is 5.13. The molecule has 0 aromatic heterocycles. The molecule has 1 rings (SSSR count). The van der Waals surface area contributed by atoms with Crippen molar-refractivity contribution in [2.75, 3.05) is 7.05 Å². The second kappa shape index (κ2) is 8.88. The summed E-state index contributed by atoms with van der Waals surface area (Å²) in [6.07, 6.45) is 2.50. The molecule has 1 atom stereocenters.